The standard InChI is InChI=1S/C13H16BrNO4/c1-13(2,3)12(17)19-9-6-7(11(15)16)5-8(18-4)10(9)14/h5-6H,1-4H3,(H2,15,16). The smallest absolute Gasteiger partial charge is 0.316 e. The van der Waals surface area contributed by atoms with Gasteiger partial charge in [0, 0.05) is 5.56 Å². The summed E-state index contributed by atoms with van der Waals surface area (Å²) in [7, 11) is 1.44. The van der Waals surface area contributed by atoms with Crippen LogP contribution in [0.1, 0.15) is 31.1 Å². The van der Waals surface area contributed by atoms with Crippen molar-refractivity contribution in [3.05, 3.63) is 22.2 Å². The molecule has 1 aromatic carbocycles. The lowest BCUT2D eigenvalue weighted by Gasteiger charge is -2.18. The Hall–Kier alpha value is -1.56. The fraction of sp³-hybridized carbons (Fsp3) is 0.385. The molecule has 0 unspecified atom stereocenters. The van der Waals surface area contributed by atoms with Crippen LogP contribution in [0, 0.1) is 5.41 Å². The second-order valence-corrected chi connectivity index (χ2v) is 5.79. The van der Waals surface area contributed by atoms with Crippen LogP contribution >= 0.6 is 15.9 Å². The lowest BCUT2D eigenvalue weighted by atomic mass is 9.97. The molecule has 0 aliphatic rings. The molecule has 0 saturated carbocycles. The predicted octanol–water partition coefficient (Wildman–Crippen LogP) is 2.51. The van der Waals surface area contributed by atoms with E-state index in [1.54, 1.807) is 20.8 Å². The second kappa shape index (κ2) is 5.61. The number of hydrogen-bond donors (Lipinski definition) is 1. The van der Waals surface area contributed by atoms with Gasteiger partial charge >= 0.3 is 5.97 Å². The SMILES string of the molecule is COc1cc(C(N)=O)cc(OC(=O)C(C)(C)C)c1Br. The van der Waals surface area contributed by atoms with Crippen molar-refractivity contribution in [1.29, 1.82) is 0 Å². The number of rotatable bonds is 3. The van der Waals surface area contributed by atoms with E-state index in [2.05, 4.69) is 15.9 Å². The second-order valence-electron chi connectivity index (χ2n) is 4.99. The minimum atomic E-state index is -0.657. The van der Waals surface area contributed by atoms with Gasteiger partial charge < -0.3 is 15.2 Å². The van der Waals surface area contributed by atoms with Crippen molar-refractivity contribution in [2.75, 3.05) is 7.11 Å². The average molecular weight is 330 g/mol. The van der Waals surface area contributed by atoms with Crippen LogP contribution in [0.4, 0.5) is 0 Å². The third-order valence-corrected chi connectivity index (χ3v) is 3.11. The van der Waals surface area contributed by atoms with Gasteiger partial charge in [-0.2, -0.15) is 0 Å². The van der Waals surface area contributed by atoms with Gasteiger partial charge in [-0.15, -0.1) is 0 Å². The molecule has 0 aliphatic carbocycles. The van der Waals surface area contributed by atoms with Crippen LogP contribution in [-0.2, 0) is 4.79 Å². The maximum atomic E-state index is 11.9. The molecular formula is C13H16BrNO4. The molecule has 19 heavy (non-hydrogen) atoms. The van der Waals surface area contributed by atoms with Crippen LogP contribution in [0.5, 0.6) is 11.5 Å². The van der Waals surface area contributed by atoms with Crippen LogP contribution in [0.25, 0.3) is 0 Å². The molecule has 1 amide bonds. The molecule has 0 saturated heterocycles. The predicted molar refractivity (Wildman–Crippen MR) is 74.3 cm³/mol. The third kappa shape index (κ3) is 3.70. The largest absolute Gasteiger partial charge is 0.495 e. The van der Waals surface area contributed by atoms with Crippen molar-refractivity contribution in [1.82, 2.24) is 0 Å². The zero-order chi connectivity index (χ0) is 14.8. The van der Waals surface area contributed by atoms with Crippen molar-refractivity contribution in [2.45, 2.75) is 20.8 Å². The van der Waals surface area contributed by atoms with Crippen LogP contribution in [0.2, 0.25) is 0 Å². The molecule has 6 heteroatoms. The van der Waals surface area contributed by atoms with Crippen molar-refractivity contribution >= 4 is 27.8 Å². The molecule has 0 heterocycles. The highest BCUT2D eigenvalue weighted by molar-refractivity contribution is 9.10. The third-order valence-electron chi connectivity index (χ3n) is 2.33. The summed E-state index contributed by atoms with van der Waals surface area (Å²) in [5, 5.41) is 0. The zero-order valence-corrected chi connectivity index (χ0v) is 12.8. The first-order valence-corrected chi connectivity index (χ1v) is 6.35. The van der Waals surface area contributed by atoms with Gasteiger partial charge in [0.15, 0.2) is 0 Å². The number of esters is 1. The summed E-state index contributed by atoms with van der Waals surface area (Å²) in [6, 6.07) is 2.87. The molecular weight excluding hydrogens is 314 g/mol. The Labute approximate surface area is 120 Å². The molecule has 0 radical (unpaired) electrons. The maximum absolute atomic E-state index is 11.9. The Balaban J connectivity index is 3.23. The lowest BCUT2D eigenvalue weighted by Crippen LogP contribution is -2.26. The number of methoxy groups -OCH3 is 1. The number of carbonyl (C=O) groups is 2. The first-order chi connectivity index (χ1) is 8.66. The zero-order valence-electron chi connectivity index (χ0n) is 11.2. The molecule has 2 N–H and O–H groups in total. The summed E-state index contributed by atoms with van der Waals surface area (Å²) < 4.78 is 10.8. The van der Waals surface area contributed by atoms with E-state index in [0.717, 1.165) is 0 Å². The molecule has 104 valence electrons. The quantitative estimate of drug-likeness (QED) is 0.682. The molecule has 5 nitrogen and oxygen atoms in total. The number of ether oxygens (including phenoxy) is 2. The molecule has 1 aromatic rings. The molecule has 0 bridgehead atoms. The van der Waals surface area contributed by atoms with Gasteiger partial charge in [0.25, 0.3) is 0 Å². The molecule has 0 atom stereocenters. The summed E-state index contributed by atoms with van der Waals surface area (Å²) >= 11 is 3.27. The normalized spacial score (nSPS) is 11.0. The number of carbonyl (C=O) groups excluding carboxylic acids is 2. The number of nitrogens with two attached hydrogens (primary N) is 1. The summed E-state index contributed by atoms with van der Waals surface area (Å²) in [5.41, 5.74) is 4.77. The number of hydrogen-bond acceptors (Lipinski definition) is 4. The van der Waals surface area contributed by atoms with Gasteiger partial charge in [-0.1, -0.05) is 0 Å². The van der Waals surface area contributed by atoms with Crippen LogP contribution in [-0.4, -0.2) is 19.0 Å². The minimum Gasteiger partial charge on any atom is -0.495 e. The monoisotopic (exact) mass is 329 g/mol. The van der Waals surface area contributed by atoms with E-state index in [4.69, 9.17) is 15.2 Å². The highest BCUT2D eigenvalue weighted by Gasteiger charge is 2.25. The fourth-order valence-electron chi connectivity index (χ4n) is 1.19. The van der Waals surface area contributed by atoms with E-state index in [0.29, 0.717) is 10.2 Å². The van der Waals surface area contributed by atoms with E-state index >= 15 is 0 Å². The van der Waals surface area contributed by atoms with Gasteiger partial charge in [-0.3, -0.25) is 9.59 Å². The maximum Gasteiger partial charge on any atom is 0.316 e. The number of benzene rings is 1. The number of primary amides is 1. The van der Waals surface area contributed by atoms with Crippen LogP contribution < -0.4 is 15.2 Å². The Morgan fingerprint density at radius 1 is 1.21 bits per heavy atom. The first kappa shape index (κ1) is 15.5. The Morgan fingerprint density at radius 3 is 2.16 bits per heavy atom. The Bertz CT molecular complexity index is 520. The van der Waals surface area contributed by atoms with Crippen LogP contribution in [0.15, 0.2) is 16.6 Å². The van der Waals surface area contributed by atoms with Crippen molar-refractivity contribution in [2.24, 2.45) is 11.1 Å². The summed E-state index contributed by atoms with van der Waals surface area (Å²) in [6.07, 6.45) is 0. The van der Waals surface area contributed by atoms with E-state index in [1.807, 2.05) is 0 Å². The van der Waals surface area contributed by atoms with E-state index in [-0.39, 0.29) is 11.3 Å². The summed E-state index contributed by atoms with van der Waals surface area (Å²) in [5.74, 6) is -0.475. The molecule has 0 aliphatic heterocycles. The van der Waals surface area contributed by atoms with Gasteiger partial charge in [0.2, 0.25) is 5.91 Å². The van der Waals surface area contributed by atoms with Gasteiger partial charge in [-0.05, 0) is 48.8 Å². The Morgan fingerprint density at radius 2 is 1.74 bits per heavy atom. The van der Waals surface area contributed by atoms with Crippen molar-refractivity contribution in [3.63, 3.8) is 0 Å². The number of amides is 1. The summed E-state index contributed by atoms with van der Waals surface area (Å²) in [4.78, 5) is 23.1. The van der Waals surface area contributed by atoms with Crippen molar-refractivity contribution in [3.8, 4) is 11.5 Å². The van der Waals surface area contributed by atoms with Gasteiger partial charge in [-0.25, -0.2) is 0 Å². The van der Waals surface area contributed by atoms with Gasteiger partial charge in [0.1, 0.15) is 16.0 Å². The topological polar surface area (TPSA) is 78.6 Å². The molecule has 0 spiro atoms. The highest BCUT2D eigenvalue weighted by atomic mass is 79.9. The van der Waals surface area contributed by atoms with Crippen molar-refractivity contribution < 1.29 is 19.1 Å². The van der Waals surface area contributed by atoms with E-state index < -0.39 is 17.3 Å². The van der Waals surface area contributed by atoms with E-state index in [1.165, 1.54) is 19.2 Å². The van der Waals surface area contributed by atoms with E-state index in [9.17, 15) is 9.59 Å². The Kier molecular flexibility index (Phi) is 4.57. The summed E-state index contributed by atoms with van der Waals surface area (Å²) in [6.45, 7) is 5.20. The van der Waals surface area contributed by atoms with Gasteiger partial charge in [0.05, 0.1) is 12.5 Å². The average Bonchev–Trinajstić information content (AvgIpc) is 2.30. The molecule has 0 aromatic heterocycles. The lowest BCUT2D eigenvalue weighted by molar-refractivity contribution is -0.143. The number of halogens is 1. The molecule has 1 rings (SSSR count). The first-order valence-electron chi connectivity index (χ1n) is 5.56. The highest BCUT2D eigenvalue weighted by Crippen LogP contribution is 2.36. The minimum absolute atomic E-state index is 0.202. The molecule has 0 fully saturated rings. The fourth-order valence-corrected chi connectivity index (χ4v) is 1.66. The van der Waals surface area contributed by atoms with Crippen LogP contribution in [0.3, 0.4) is 0 Å².